The average molecular weight is 423 g/mol. The first-order valence-electron chi connectivity index (χ1n) is 10.1. The number of amides is 1. The number of aromatic nitrogens is 2. The molecule has 1 saturated heterocycles. The van der Waals surface area contributed by atoms with Crippen LogP contribution in [0.3, 0.4) is 0 Å². The second-order valence-corrected chi connectivity index (χ2v) is 7.55. The number of rotatable bonds is 4. The van der Waals surface area contributed by atoms with Gasteiger partial charge in [0.2, 0.25) is 0 Å². The number of hydrogen-bond donors (Lipinski definition) is 1. The number of hydrogen-bond acceptors (Lipinski definition) is 5. The van der Waals surface area contributed by atoms with Crippen LogP contribution in [0.4, 0.5) is 26.1 Å². The third kappa shape index (κ3) is 4.79. The first-order valence-corrected chi connectivity index (χ1v) is 10.1. The lowest BCUT2D eigenvalue weighted by molar-refractivity contribution is 0.0741. The second kappa shape index (κ2) is 8.67. The fourth-order valence-corrected chi connectivity index (χ4v) is 3.53. The standard InChI is InChI=1S/C23H23F2N5O/c1-15-3-6-18(7-4-15)28-21-14-22(27-16(2)26-21)29-9-11-30(12-10-29)23(31)19-8-5-17(24)13-20(19)25/h3-8,13-14H,9-12H2,1-2H3,(H,26,27,28). The summed E-state index contributed by atoms with van der Waals surface area (Å²) < 4.78 is 27.1. The molecule has 0 unspecified atom stereocenters. The van der Waals surface area contributed by atoms with Crippen molar-refractivity contribution in [3.8, 4) is 0 Å². The Balaban J connectivity index is 1.44. The number of anilines is 3. The van der Waals surface area contributed by atoms with Crippen LogP contribution in [0.15, 0.2) is 48.5 Å². The molecule has 0 bridgehead atoms. The fraction of sp³-hybridized carbons (Fsp3) is 0.261. The minimum absolute atomic E-state index is 0.114. The van der Waals surface area contributed by atoms with Gasteiger partial charge >= 0.3 is 0 Å². The third-order valence-corrected chi connectivity index (χ3v) is 5.20. The van der Waals surface area contributed by atoms with Crippen LogP contribution in [0.2, 0.25) is 0 Å². The molecule has 1 aromatic heterocycles. The molecule has 4 rings (SSSR count). The van der Waals surface area contributed by atoms with Gasteiger partial charge in [-0.25, -0.2) is 18.7 Å². The number of piperazine rings is 1. The molecule has 0 aliphatic carbocycles. The molecule has 160 valence electrons. The molecule has 1 fully saturated rings. The van der Waals surface area contributed by atoms with E-state index in [1.807, 2.05) is 44.2 Å². The quantitative estimate of drug-likeness (QED) is 0.685. The normalized spacial score (nSPS) is 13.9. The van der Waals surface area contributed by atoms with Crippen molar-refractivity contribution in [2.75, 3.05) is 36.4 Å². The Labute approximate surface area is 179 Å². The number of nitrogens with one attached hydrogen (secondary N) is 1. The van der Waals surface area contributed by atoms with E-state index in [9.17, 15) is 13.6 Å². The maximum Gasteiger partial charge on any atom is 0.256 e. The Morgan fingerprint density at radius 2 is 1.65 bits per heavy atom. The Hall–Kier alpha value is -3.55. The molecule has 0 atom stereocenters. The van der Waals surface area contributed by atoms with Crippen LogP contribution in [0.5, 0.6) is 0 Å². The summed E-state index contributed by atoms with van der Waals surface area (Å²) in [4.78, 5) is 25.3. The highest BCUT2D eigenvalue weighted by Crippen LogP contribution is 2.22. The third-order valence-electron chi connectivity index (χ3n) is 5.20. The summed E-state index contributed by atoms with van der Waals surface area (Å²) in [6, 6.07) is 12.9. The number of carbonyl (C=O) groups excluding carboxylic acids is 1. The van der Waals surface area contributed by atoms with Crippen molar-refractivity contribution >= 4 is 23.2 Å². The Morgan fingerprint density at radius 3 is 2.32 bits per heavy atom. The highest BCUT2D eigenvalue weighted by molar-refractivity contribution is 5.94. The van der Waals surface area contributed by atoms with Gasteiger partial charge in [-0.2, -0.15) is 0 Å². The van der Waals surface area contributed by atoms with Gasteiger partial charge in [-0.1, -0.05) is 17.7 Å². The molecular formula is C23H23F2N5O. The molecule has 3 aromatic rings. The van der Waals surface area contributed by atoms with E-state index in [0.29, 0.717) is 37.8 Å². The van der Waals surface area contributed by atoms with Crippen LogP contribution in [-0.2, 0) is 0 Å². The molecule has 8 heteroatoms. The molecule has 1 N–H and O–H groups in total. The lowest BCUT2D eigenvalue weighted by Crippen LogP contribution is -2.49. The Bertz CT molecular complexity index is 1100. The molecule has 0 spiro atoms. The van der Waals surface area contributed by atoms with Crippen LogP contribution < -0.4 is 10.2 Å². The number of nitrogens with zero attached hydrogens (tertiary/aromatic N) is 4. The van der Waals surface area contributed by atoms with Crippen LogP contribution >= 0.6 is 0 Å². The highest BCUT2D eigenvalue weighted by atomic mass is 19.1. The van der Waals surface area contributed by atoms with Gasteiger partial charge in [-0.3, -0.25) is 4.79 Å². The monoisotopic (exact) mass is 423 g/mol. The summed E-state index contributed by atoms with van der Waals surface area (Å²) in [6.07, 6.45) is 0. The predicted molar refractivity (Wildman–Crippen MR) is 116 cm³/mol. The average Bonchev–Trinajstić information content (AvgIpc) is 2.75. The van der Waals surface area contributed by atoms with E-state index in [0.717, 1.165) is 23.6 Å². The summed E-state index contributed by atoms with van der Waals surface area (Å²) in [5, 5.41) is 3.30. The zero-order chi connectivity index (χ0) is 22.0. The van der Waals surface area contributed by atoms with Crippen LogP contribution in [0, 0.1) is 25.5 Å². The number of halogens is 2. The molecule has 6 nitrogen and oxygen atoms in total. The molecule has 0 radical (unpaired) electrons. The van der Waals surface area contributed by atoms with Crippen molar-refractivity contribution in [1.82, 2.24) is 14.9 Å². The molecule has 2 heterocycles. The first kappa shape index (κ1) is 20.7. The molecule has 1 amide bonds. The largest absolute Gasteiger partial charge is 0.353 e. The molecule has 2 aromatic carbocycles. The summed E-state index contributed by atoms with van der Waals surface area (Å²) in [5.41, 5.74) is 2.00. The molecule has 1 aliphatic rings. The maximum absolute atomic E-state index is 14.0. The van der Waals surface area contributed by atoms with E-state index < -0.39 is 17.5 Å². The summed E-state index contributed by atoms with van der Waals surface area (Å²) >= 11 is 0. The maximum atomic E-state index is 14.0. The van der Waals surface area contributed by atoms with Crippen molar-refractivity contribution in [2.24, 2.45) is 0 Å². The second-order valence-electron chi connectivity index (χ2n) is 7.55. The van der Waals surface area contributed by atoms with E-state index in [4.69, 9.17) is 0 Å². The lowest BCUT2D eigenvalue weighted by Gasteiger charge is -2.35. The molecule has 0 saturated carbocycles. The summed E-state index contributed by atoms with van der Waals surface area (Å²) in [6.45, 7) is 5.80. The van der Waals surface area contributed by atoms with Crippen molar-refractivity contribution in [3.05, 3.63) is 77.1 Å². The SMILES string of the molecule is Cc1ccc(Nc2cc(N3CCN(C(=O)c4ccc(F)cc4F)CC3)nc(C)n2)cc1. The van der Waals surface area contributed by atoms with Gasteiger partial charge in [0.25, 0.3) is 5.91 Å². The van der Waals surface area contributed by atoms with Gasteiger partial charge in [0.15, 0.2) is 0 Å². The first-order chi connectivity index (χ1) is 14.9. The smallest absolute Gasteiger partial charge is 0.256 e. The summed E-state index contributed by atoms with van der Waals surface area (Å²) in [7, 11) is 0. The fourth-order valence-electron chi connectivity index (χ4n) is 3.53. The van der Waals surface area contributed by atoms with E-state index >= 15 is 0 Å². The van der Waals surface area contributed by atoms with Crippen molar-refractivity contribution < 1.29 is 13.6 Å². The van der Waals surface area contributed by atoms with Crippen LogP contribution in [0.25, 0.3) is 0 Å². The van der Waals surface area contributed by atoms with Crippen molar-refractivity contribution in [1.29, 1.82) is 0 Å². The molecular weight excluding hydrogens is 400 g/mol. The van der Waals surface area contributed by atoms with E-state index in [2.05, 4.69) is 20.2 Å². The number of benzene rings is 2. The molecule has 1 aliphatic heterocycles. The van der Waals surface area contributed by atoms with E-state index in [-0.39, 0.29) is 5.56 Å². The minimum Gasteiger partial charge on any atom is -0.353 e. The van der Waals surface area contributed by atoms with Gasteiger partial charge in [-0.15, -0.1) is 0 Å². The number of aryl methyl sites for hydroxylation is 2. The lowest BCUT2D eigenvalue weighted by atomic mass is 10.1. The zero-order valence-electron chi connectivity index (χ0n) is 17.4. The molecule has 31 heavy (non-hydrogen) atoms. The Kier molecular flexibility index (Phi) is 5.79. The van der Waals surface area contributed by atoms with Gasteiger partial charge in [-0.05, 0) is 38.1 Å². The Morgan fingerprint density at radius 1 is 0.935 bits per heavy atom. The van der Waals surface area contributed by atoms with Crippen molar-refractivity contribution in [2.45, 2.75) is 13.8 Å². The summed E-state index contributed by atoms with van der Waals surface area (Å²) in [5.74, 6) is 0.121. The van der Waals surface area contributed by atoms with E-state index in [1.54, 1.807) is 4.90 Å². The van der Waals surface area contributed by atoms with Crippen LogP contribution in [0.1, 0.15) is 21.7 Å². The topological polar surface area (TPSA) is 61.4 Å². The predicted octanol–water partition coefficient (Wildman–Crippen LogP) is 4.08. The highest BCUT2D eigenvalue weighted by Gasteiger charge is 2.25. The minimum atomic E-state index is -0.842. The zero-order valence-corrected chi connectivity index (χ0v) is 17.4. The van der Waals surface area contributed by atoms with Gasteiger partial charge in [0.1, 0.15) is 29.1 Å². The van der Waals surface area contributed by atoms with Crippen molar-refractivity contribution in [3.63, 3.8) is 0 Å². The van der Waals surface area contributed by atoms with E-state index in [1.165, 1.54) is 11.6 Å². The van der Waals surface area contributed by atoms with Crippen LogP contribution in [-0.4, -0.2) is 47.0 Å². The van der Waals surface area contributed by atoms with Gasteiger partial charge < -0.3 is 15.1 Å². The van der Waals surface area contributed by atoms with Gasteiger partial charge in [0.05, 0.1) is 5.56 Å². The number of carbonyl (C=O) groups is 1. The van der Waals surface area contributed by atoms with Gasteiger partial charge in [0, 0.05) is 44.0 Å².